The summed E-state index contributed by atoms with van der Waals surface area (Å²) in [5, 5.41) is 2.93. The van der Waals surface area contributed by atoms with Crippen LogP contribution in [-0.2, 0) is 35.5 Å². The van der Waals surface area contributed by atoms with Gasteiger partial charge in [-0.3, -0.25) is 28.6 Å². The first kappa shape index (κ1) is 36.6. The largest absolute Gasteiger partial charge is 0.493 e. The van der Waals surface area contributed by atoms with Crippen molar-refractivity contribution in [1.82, 2.24) is 14.5 Å². The van der Waals surface area contributed by atoms with Gasteiger partial charge in [0.15, 0.2) is 11.5 Å². The second kappa shape index (κ2) is 16.9. The summed E-state index contributed by atoms with van der Waals surface area (Å²) in [6, 6.07) is 27.7. The summed E-state index contributed by atoms with van der Waals surface area (Å²) < 4.78 is 17.1. The molecule has 5 aromatic rings. The summed E-state index contributed by atoms with van der Waals surface area (Å²) in [5.74, 6) is 0.534. The number of hydrogen-bond donors (Lipinski definition) is 2. The maximum atomic E-state index is 13.6. The number of esters is 1. The predicted molar refractivity (Wildman–Crippen MR) is 204 cm³/mol. The minimum Gasteiger partial charge on any atom is -0.493 e. The number of aromatic amines is 1. The number of anilines is 1. The molecule has 0 aliphatic carbocycles. The molecule has 0 spiro atoms. The van der Waals surface area contributed by atoms with Crippen LogP contribution in [0.2, 0.25) is 0 Å². The number of nitrogens with one attached hydrogen (secondary N) is 2. The van der Waals surface area contributed by atoms with Crippen LogP contribution in [0.5, 0.6) is 11.5 Å². The molecule has 6 rings (SSSR count). The number of amides is 1. The van der Waals surface area contributed by atoms with E-state index in [1.54, 1.807) is 63.6 Å². The summed E-state index contributed by atoms with van der Waals surface area (Å²) in [6.45, 7) is 4.07. The van der Waals surface area contributed by atoms with Crippen molar-refractivity contribution in [3.8, 4) is 11.5 Å². The molecular formula is C42H42N4O7. The lowest BCUT2D eigenvalue weighted by molar-refractivity contribution is -0.143. The number of hydrogen-bond acceptors (Lipinski definition) is 8. The maximum Gasteiger partial charge on any atom is 0.326 e. The van der Waals surface area contributed by atoms with Crippen molar-refractivity contribution in [1.29, 1.82) is 0 Å². The van der Waals surface area contributed by atoms with E-state index in [4.69, 9.17) is 14.2 Å². The fourth-order valence-corrected chi connectivity index (χ4v) is 6.37. The third-order valence-corrected chi connectivity index (χ3v) is 9.13. The van der Waals surface area contributed by atoms with Gasteiger partial charge in [0.05, 0.1) is 20.8 Å². The van der Waals surface area contributed by atoms with Gasteiger partial charge >= 0.3 is 5.97 Å². The molecule has 0 fully saturated rings. The lowest BCUT2D eigenvalue weighted by Crippen LogP contribution is -2.54. The van der Waals surface area contributed by atoms with E-state index < -0.39 is 23.6 Å². The Morgan fingerprint density at radius 2 is 1.57 bits per heavy atom. The molecule has 11 heteroatoms. The number of H-pyrrole nitrogens is 1. The van der Waals surface area contributed by atoms with Crippen molar-refractivity contribution in [3.05, 3.63) is 156 Å². The maximum absolute atomic E-state index is 13.6. The number of fused-ring (bicyclic) bond motifs is 1. The van der Waals surface area contributed by atoms with Crippen LogP contribution in [0.4, 0.5) is 5.69 Å². The summed E-state index contributed by atoms with van der Waals surface area (Å²) >= 11 is 0. The number of carbonyl (C=O) groups excluding carboxylic acids is 2. The third-order valence-electron chi connectivity index (χ3n) is 9.13. The van der Waals surface area contributed by atoms with Crippen LogP contribution in [-0.4, -0.2) is 60.2 Å². The van der Waals surface area contributed by atoms with Crippen molar-refractivity contribution < 1.29 is 23.8 Å². The molecule has 2 heterocycles. The second-order valence-corrected chi connectivity index (χ2v) is 12.7. The van der Waals surface area contributed by atoms with Gasteiger partial charge in [-0.2, -0.15) is 0 Å². The van der Waals surface area contributed by atoms with E-state index in [0.717, 1.165) is 54.1 Å². The van der Waals surface area contributed by atoms with E-state index in [9.17, 15) is 19.2 Å². The number of rotatable bonds is 12. The summed E-state index contributed by atoms with van der Waals surface area (Å²) in [5.41, 5.74) is 4.79. The highest BCUT2D eigenvalue weighted by atomic mass is 16.5. The second-order valence-electron chi connectivity index (χ2n) is 12.7. The van der Waals surface area contributed by atoms with Gasteiger partial charge < -0.3 is 24.5 Å². The third kappa shape index (κ3) is 9.00. The van der Waals surface area contributed by atoms with E-state index in [2.05, 4.69) is 27.3 Å². The van der Waals surface area contributed by atoms with Crippen LogP contribution in [0.3, 0.4) is 0 Å². The normalized spacial score (nSPS) is 13.3. The summed E-state index contributed by atoms with van der Waals surface area (Å²) in [6.07, 6.45) is 4.84. The molecule has 0 unspecified atom stereocenters. The molecule has 272 valence electrons. The van der Waals surface area contributed by atoms with E-state index in [1.807, 2.05) is 42.5 Å². The van der Waals surface area contributed by atoms with Crippen LogP contribution < -0.4 is 36.6 Å². The molecule has 0 saturated carbocycles. The molecular weight excluding hydrogens is 672 g/mol. The summed E-state index contributed by atoms with van der Waals surface area (Å²) in [4.78, 5) is 57.7. The van der Waals surface area contributed by atoms with Gasteiger partial charge in [0, 0.05) is 30.9 Å². The van der Waals surface area contributed by atoms with Crippen molar-refractivity contribution in [2.45, 2.75) is 32.9 Å². The van der Waals surface area contributed by atoms with Crippen LogP contribution in [0.1, 0.15) is 45.1 Å². The first-order chi connectivity index (χ1) is 25.7. The molecule has 11 nitrogen and oxygen atoms in total. The summed E-state index contributed by atoms with van der Waals surface area (Å²) in [7, 11) is 3.31. The lowest BCUT2D eigenvalue weighted by Gasteiger charge is -2.29. The predicted octanol–water partition coefficient (Wildman–Crippen LogP) is 3.63. The quantitative estimate of drug-likeness (QED) is 0.188. The molecule has 2 N–H and O–H groups in total. The van der Waals surface area contributed by atoms with Crippen molar-refractivity contribution >= 4 is 29.7 Å². The monoisotopic (exact) mass is 714 g/mol. The number of methoxy groups -OCH3 is 2. The Hall–Kier alpha value is -6.20. The Balaban J connectivity index is 1.14. The number of nitrogens with zero attached hydrogens (tertiary/aromatic N) is 2. The first-order valence-electron chi connectivity index (χ1n) is 17.5. The van der Waals surface area contributed by atoms with Gasteiger partial charge in [-0.15, -0.1) is 0 Å². The van der Waals surface area contributed by atoms with E-state index >= 15 is 0 Å². The fourth-order valence-electron chi connectivity index (χ4n) is 6.37. The Morgan fingerprint density at radius 3 is 2.28 bits per heavy atom. The Kier molecular flexibility index (Phi) is 11.7. The average Bonchev–Trinajstić information content (AvgIpc) is 3.17. The highest BCUT2D eigenvalue weighted by Gasteiger charge is 2.19. The minimum absolute atomic E-state index is 0.0187. The number of ether oxygens (including phenoxy) is 3. The molecule has 4 aromatic carbocycles. The van der Waals surface area contributed by atoms with Gasteiger partial charge in [-0.1, -0.05) is 54.6 Å². The molecule has 0 saturated heterocycles. The fraction of sp³-hybridized carbons (Fsp3) is 0.238. The number of benzene rings is 4. The molecule has 0 atom stereocenters. The Morgan fingerprint density at radius 1 is 0.849 bits per heavy atom. The Bertz CT molecular complexity index is 2350. The van der Waals surface area contributed by atoms with Gasteiger partial charge in [-0.05, 0) is 96.1 Å². The molecule has 1 aliphatic heterocycles. The smallest absolute Gasteiger partial charge is 0.326 e. The highest BCUT2D eigenvalue weighted by molar-refractivity contribution is 6.04. The molecule has 1 aliphatic rings. The zero-order valence-electron chi connectivity index (χ0n) is 30.0. The highest BCUT2D eigenvalue weighted by Crippen LogP contribution is 2.33. The van der Waals surface area contributed by atoms with Gasteiger partial charge in [0.25, 0.3) is 17.0 Å². The van der Waals surface area contributed by atoms with E-state index in [-0.39, 0.29) is 23.2 Å². The molecule has 0 bridgehead atoms. The van der Waals surface area contributed by atoms with Gasteiger partial charge in [0.2, 0.25) is 0 Å². The number of aromatic nitrogens is 2. The topological polar surface area (TPSA) is 132 Å². The molecule has 53 heavy (non-hydrogen) atoms. The standard InChI is InChI=1S/C42H42N4O7/c1-4-53-39(47)27-46-36(23-29-9-6-5-7-10-29)41(49)44-35(42(46)50)22-30-11-8-12-32(21-30)40(48)43-34-15-13-28(14-16-34)17-19-45-20-18-31-24-37(51-2)38(52-3)25-33(31)26-45/h5-16,21-25H,4,17-20,26-27H2,1-3H3,(H,43,48)(H,44,49)/b35-22-,36-23-. The molecule has 0 radical (unpaired) electrons. The van der Waals surface area contributed by atoms with Crippen LogP contribution in [0.25, 0.3) is 12.2 Å². The van der Waals surface area contributed by atoms with Crippen molar-refractivity contribution in [3.63, 3.8) is 0 Å². The van der Waals surface area contributed by atoms with Crippen LogP contribution >= 0.6 is 0 Å². The Labute approximate surface area is 306 Å². The zero-order valence-corrected chi connectivity index (χ0v) is 30.0. The van der Waals surface area contributed by atoms with Crippen molar-refractivity contribution in [2.75, 3.05) is 39.2 Å². The van der Waals surface area contributed by atoms with Crippen molar-refractivity contribution in [2.24, 2.45) is 0 Å². The zero-order chi connectivity index (χ0) is 37.3. The minimum atomic E-state index is -0.642. The molecule has 1 amide bonds. The van der Waals surface area contributed by atoms with Gasteiger partial charge in [-0.25, -0.2) is 0 Å². The van der Waals surface area contributed by atoms with Crippen LogP contribution in [0.15, 0.2) is 101 Å². The average molecular weight is 715 g/mol. The number of carbonyl (C=O) groups is 2. The first-order valence-corrected chi connectivity index (χ1v) is 17.5. The van der Waals surface area contributed by atoms with E-state index in [1.165, 1.54) is 17.2 Å². The van der Waals surface area contributed by atoms with Crippen LogP contribution in [0, 0.1) is 0 Å². The van der Waals surface area contributed by atoms with E-state index in [0.29, 0.717) is 22.4 Å². The lowest BCUT2D eigenvalue weighted by atomic mass is 9.98. The molecule has 1 aromatic heterocycles. The SMILES string of the molecule is CCOC(=O)Cn1c(=O)/c(=C/c2cccc(C(=O)Nc3ccc(CCN4CCc5cc(OC)c(OC)cc5C4)cc3)c2)[nH]c(=O)/c1=C/c1ccccc1. The van der Waals surface area contributed by atoms with Gasteiger partial charge in [0.1, 0.15) is 17.2 Å².